The molecule has 0 saturated carbocycles. The molecule has 1 amide bonds. The fourth-order valence-corrected chi connectivity index (χ4v) is 2.86. The lowest BCUT2D eigenvalue weighted by molar-refractivity contribution is -0.112. The number of carbonyl (C=O) groups excluding carboxylic acids is 1. The summed E-state index contributed by atoms with van der Waals surface area (Å²) in [6.45, 7) is 9.27. The van der Waals surface area contributed by atoms with Crippen LogP contribution in [0.2, 0.25) is 0 Å². The number of ether oxygens (including phenoxy) is 1. The maximum absolute atomic E-state index is 12.5. The number of hydrogen-bond acceptors (Lipinski definition) is 3. The van der Waals surface area contributed by atoms with Gasteiger partial charge in [0.05, 0.1) is 12.8 Å². The van der Waals surface area contributed by atoms with E-state index in [0.717, 1.165) is 23.5 Å². The summed E-state index contributed by atoms with van der Waals surface area (Å²) in [7, 11) is 1.54. The second-order valence-electron chi connectivity index (χ2n) is 6.66. The molecule has 0 spiro atoms. The predicted molar refractivity (Wildman–Crippen MR) is 104 cm³/mol. The Morgan fingerprint density at radius 3 is 2.65 bits per heavy atom. The summed E-state index contributed by atoms with van der Waals surface area (Å²) in [4.78, 5) is 12.5. The van der Waals surface area contributed by atoms with Crippen molar-refractivity contribution in [2.75, 3.05) is 12.4 Å². The lowest BCUT2D eigenvalue weighted by Crippen LogP contribution is -2.14. The molecule has 26 heavy (non-hydrogen) atoms. The summed E-state index contributed by atoms with van der Waals surface area (Å²) >= 11 is 0. The van der Waals surface area contributed by atoms with E-state index in [1.807, 2.05) is 32.0 Å². The van der Waals surface area contributed by atoms with E-state index >= 15 is 0 Å². The van der Waals surface area contributed by atoms with Gasteiger partial charge in [0.2, 0.25) is 0 Å². The summed E-state index contributed by atoms with van der Waals surface area (Å²) in [5, 5.41) is 12.2. The van der Waals surface area contributed by atoms with E-state index in [4.69, 9.17) is 4.74 Å². The zero-order valence-electron chi connectivity index (χ0n) is 16.0. The summed E-state index contributed by atoms with van der Waals surface area (Å²) in [5.41, 5.74) is 3.64. The number of anilines is 1. The van der Waals surface area contributed by atoms with Crippen LogP contribution in [0.25, 0.3) is 6.08 Å². The molecule has 5 nitrogen and oxygen atoms in total. The van der Waals surface area contributed by atoms with Crippen molar-refractivity contribution in [3.05, 3.63) is 52.9 Å². The monoisotopic (exact) mass is 351 g/mol. The molecule has 0 saturated heterocycles. The highest BCUT2D eigenvalue weighted by Gasteiger charge is 2.15. The first-order valence-corrected chi connectivity index (χ1v) is 8.60. The molecule has 1 aromatic heterocycles. The number of aromatic nitrogens is 1. The van der Waals surface area contributed by atoms with Crippen molar-refractivity contribution in [3.8, 4) is 11.8 Å². The Morgan fingerprint density at radius 1 is 1.35 bits per heavy atom. The molecule has 1 N–H and O–H groups in total. The Labute approximate surface area is 154 Å². The predicted octanol–water partition coefficient (Wildman–Crippen LogP) is 4.32. The van der Waals surface area contributed by atoms with E-state index in [1.165, 1.54) is 7.11 Å². The average Bonchev–Trinajstić information content (AvgIpc) is 2.87. The normalized spacial score (nSPS) is 11.3. The Morgan fingerprint density at radius 2 is 2.04 bits per heavy atom. The highest BCUT2D eigenvalue weighted by Crippen LogP contribution is 2.24. The molecular formula is C21H25N3O2. The number of nitrogens with zero attached hydrogens (tertiary/aromatic N) is 2. The summed E-state index contributed by atoms with van der Waals surface area (Å²) in [5.74, 6) is 0.611. The van der Waals surface area contributed by atoms with E-state index in [9.17, 15) is 10.1 Å². The first-order chi connectivity index (χ1) is 12.4. The number of nitrogens with one attached hydrogen (secondary N) is 1. The summed E-state index contributed by atoms with van der Waals surface area (Å²) in [6, 6.07) is 11.1. The van der Waals surface area contributed by atoms with Gasteiger partial charge in [-0.1, -0.05) is 26.0 Å². The Balaban J connectivity index is 2.31. The Bertz CT molecular complexity index is 870. The first kappa shape index (κ1) is 19.3. The lowest BCUT2D eigenvalue weighted by atomic mass is 10.1. The maximum Gasteiger partial charge on any atom is 0.266 e. The molecular weight excluding hydrogens is 326 g/mol. The van der Waals surface area contributed by atoms with Gasteiger partial charge < -0.3 is 14.6 Å². The largest absolute Gasteiger partial charge is 0.495 e. The van der Waals surface area contributed by atoms with Crippen LogP contribution in [-0.2, 0) is 11.3 Å². The van der Waals surface area contributed by atoms with Gasteiger partial charge in [0.25, 0.3) is 5.91 Å². The zero-order chi connectivity index (χ0) is 19.3. The third kappa shape index (κ3) is 4.34. The van der Waals surface area contributed by atoms with Gasteiger partial charge in [-0.05, 0) is 49.6 Å². The number of hydrogen-bond donors (Lipinski definition) is 1. The topological polar surface area (TPSA) is 67.0 Å². The van der Waals surface area contributed by atoms with E-state index in [1.54, 1.807) is 24.3 Å². The van der Waals surface area contributed by atoms with Crippen LogP contribution >= 0.6 is 0 Å². The van der Waals surface area contributed by atoms with Gasteiger partial charge in [-0.3, -0.25) is 4.79 Å². The molecule has 2 rings (SSSR count). The van der Waals surface area contributed by atoms with Gasteiger partial charge in [-0.15, -0.1) is 0 Å². The van der Waals surface area contributed by atoms with Crippen molar-refractivity contribution < 1.29 is 9.53 Å². The number of para-hydroxylation sites is 2. The Hall–Kier alpha value is -3.00. The van der Waals surface area contributed by atoms with Crippen LogP contribution in [0.15, 0.2) is 35.9 Å². The summed E-state index contributed by atoms with van der Waals surface area (Å²) < 4.78 is 7.44. The number of aryl methyl sites for hydroxylation is 1. The smallest absolute Gasteiger partial charge is 0.266 e. The van der Waals surface area contributed by atoms with Crippen LogP contribution in [0.3, 0.4) is 0 Å². The van der Waals surface area contributed by atoms with Crippen LogP contribution in [0.1, 0.15) is 30.8 Å². The standard InChI is InChI=1S/C21H25N3O2/c1-14(2)13-24-15(3)10-17(16(24)4)11-18(12-22)21(25)23-19-8-6-7-9-20(19)26-5/h6-11,14H,13H2,1-5H3,(H,23,25)/b18-11+. The van der Waals surface area contributed by atoms with E-state index in [-0.39, 0.29) is 5.57 Å². The number of carbonyl (C=O) groups is 1. The Kier molecular flexibility index (Phi) is 6.24. The second kappa shape index (κ2) is 8.39. The molecule has 0 aliphatic heterocycles. The lowest BCUT2D eigenvalue weighted by Gasteiger charge is -2.12. The maximum atomic E-state index is 12.5. The van der Waals surface area contributed by atoms with Gasteiger partial charge in [0.15, 0.2) is 0 Å². The van der Waals surface area contributed by atoms with Gasteiger partial charge >= 0.3 is 0 Å². The number of amides is 1. The second-order valence-corrected chi connectivity index (χ2v) is 6.66. The molecule has 136 valence electrons. The van der Waals surface area contributed by atoms with Crippen LogP contribution in [-0.4, -0.2) is 17.6 Å². The van der Waals surface area contributed by atoms with Crippen molar-refractivity contribution in [1.29, 1.82) is 5.26 Å². The molecule has 0 atom stereocenters. The zero-order valence-corrected chi connectivity index (χ0v) is 16.0. The third-order valence-corrected chi connectivity index (χ3v) is 4.18. The van der Waals surface area contributed by atoms with Crippen molar-refractivity contribution in [3.63, 3.8) is 0 Å². The molecule has 5 heteroatoms. The van der Waals surface area contributed by atoms with E-state index < -0.39 is 5.91 Å². The first-order valence-electron chi connectivity index (χ1n) is 8.60. The minimum absolute atomic E-state index is 0.0562. The van der Waals surface area contributed by atoms with Crippen molar-refractivity contribution in [1.82, 2.24) is 4.57 Å². The molecule has 0 fully saturated rings. The molecule has 2 aromatic rings. The molecule has 0 aliphatic carbocycles. The summed E-state index contributed by atoms with van der Waals surface area (Å²) in [6.07, 6.45) is 1.64. The van der Waals surface area contributed by atoms with Crippen molar-refractivity contribution in [2.24, 2.45) is 5.92 Å². The number of methoxy groups -OCH3 is 1. The SMILES string of the molecule is COc1ccccc1NC(=O)/C(C#N)=C/c1cc(C)n(CC(C)C)c1C. The van der Waals surface area contributed by atoms with Crippen molar-refractivity contribution >= 4 is 17.7 Å². The van der Waals surface area contributed by atoms with Crippen LogP contribution < -0.4 is 10.1 Å². The van der Waals surface area contributed by atoms with Crippen LogP contribution in [0.4, 0.5) is 5.69 Å². The van der Waals surface area contributed by atoms with Gasteiger partial charge in [-0.2, -0.15) is 5.26 Å². The number of nitriles is 1. The quantitative estimate of drug-likeness (QED) is 0.623. The van der Waals surface area contributed by atoms with Crippen LogP contribution in [0.5, 0.6) is 5.75 Å². The van der Waals surface area contributed by atoms with Crippen LogP contribution in [0, 0.1) is 31.1 Å². The van der Waals surface area contributed by atoms with E-state index in [2.05, 4.69) is 23.7 Å². The van der Waals surface area contributed by atoms with Gasteiger partial charge in [-0.25, -0.2) is 0 Å². The number of rotatable bonds is 6. The minimum Gasteiger partial charge on any atom is -0.495 e. The molecule has 0 aliphatic rings. The molecule has 0 unspecified atom stereocenters. The minimum atomic E-state index is -0.453. The third-order valence-electron chi connectivity index (χ3n) is 4.18. The van der Waals surface area contributed by atoms with Gasteiger partial charge in [0, 0.05) is 17.9 Å². The average molecular weight is 351 g/mol. The highest BCUT2D eigenvalue weighted by molar-refractivity contribution is 6.10. The molecule has 1 aromatic carbocycles. The van der Waals surface area contributed by atoms with Crippen molar-refractivity contribution in [2.45, 2.75) is 34.2 Å². The molecule has 0 bridgehead atoms. The highest BCUT2D eigenvalue weighted by atomic mass is 16.5. The van der Waals surface area contributed by atoms with E-state index in [0.29, 0.717) is 17.4 Å². The molecule has 1 heterocycles. The van der Waals surface area contributed by atoms with Gasteiger partial charge in [0.1, 0.15) is 17.4 Å². The number of benzene rings is 1. The molecule has 0 radical (unpaired) electrons. The fourth-order valence-electron chi connectivity index (χ4n) is 2.86. The fraction of sp³-hybridized carbons (Fsp3) is 0.333.